The zero-order valence-corrected chi connectivity index (χ0v) is 11.0. The van der Waals surface area contributed by atoms with E-state index in [1.807, 2.05) is 30.3 Å². The van der Waals surface area contributed by atoms with Crippen LogP contribution in [0.4, 0.5) is 0 Å². The van der Waals surface area contributed by atoms with E-state index in [1.54, 1.807) is 6.92 Å². The van der Waals surface area contributed by atoms with Gasteiger partial charge in [-0.2, -0.15) is 0 Å². The first-order valence-electron chi connectivity index (χ1n) is 6.37. The average molecular weight is 241 g/mol. The molecule has 94 valence electrons. The summed E-state index contributed by atoms with van der Waals surface area (Å²) >= 11 is 0. The molecule has 0 aliphatic carbocycles. The summed E-state index contributed by atoms with van der Waals surface area (Å²) in [5.74, 6) is 0.146. The second-order valence-electron chi connectivity index (χ2n) is 4.71. The Balaban J connectivity index is 2.46. The Morgan fingerprint density at radius 1 is 1.22 bits per heavy atom. The van der Waals surface area contributed by atoms with Gasteiger partial charge in [0.25, 0.3) is 0 Å². The van der Waals surface area contributed by atoms with Crippen molar-refractivity contribution >= 4 is 11.5 Å². The second-order valence-corrected chi connectivity index (χ2v) is 4.71. The molecule has 2 rings (SSSR count). The smallest absolute Gasteiger partial charge is 0.158 e. The molecule has 1 heterocycles. The number of hydrogen-bond donors (Lipinski definition) is 1. The van der Waals surface area contributed by atoms with Gasteiger partial charge in [0.05, 0.1) is 0 Å². The van der Waals surface area contributed by atoms with Crippen LogP contribution in [0.15, 0.2) is 47.6 Å². The number of Topliss-reactive ketones (excluding diaryl/α,β-unsaturated/α-hetero) is 1. The van der Waals surface area contributed by atoms with Crippen molar-refractivity contribution in [2.45, 2.75) is 26.7 Å². The van der Waals surface area contributed by atoms with Gasteiger partial charge < -0.3 is 5.32 Å². The van der Waals surface area contributed by atoms with Crippen LogP contribution in [-0.2, 0) is 4.79 Å². The van der Waals surface area contributed by atoms with Crippen molar-refractivity contribution in [2.24, 2.45) is 0 Å². The zero-order valence-electron chi connectivity index (χ0n) is 11.0. The highest BCUT2D eigenvalue weighted by molar-refractivity contribution is 6.01. The number of rotatable bonds is 2. The minimum atomic E-state index is 0.146. The molecule has 2 heteroatoms. The summed E-state index contributed by atoms with van der Waals surface area (Å²) < 4.78 is 0. The van der Waals surface area contributed by atoms with Crippen LogP contribution >= 0.6 is 0 Å². The van der Waals surface area contributed by atoms with E-state index in [2.05, 4.69) is 18.3 Å². The number of nitrogens with one attached hydrogen (secondary N) is 1. The van der Waals surface area contributed by atoms with Gasteiger partial charge in [-0.25, -0.2) is 0 Å². The first-order valence-corrected chi connectivity index (χ1v) is 6.37. The van der Waals surface area contributed by atoms with E-state index >= 15 is 0 Å². The highest BCUT2D eigenvalue weighted by Gasteiger charge is 2.14. The predicted octanol–water partition coefficient (Wildman–Crippen LogP) is 3.32. The third-order valence-corrected chi connectivity index (χ3v) is 3.26. The van der Waals surface area contributed by atoms with Gasteiger partial charge in [0.2, 0.25) is 0 Å². The van der Waals surface area contributed by atoms with E-state index in [0.29, 0.717) is 0 Å². The molecule has 0 saturated carbocycles. The van der Waals surface area contributed by atoms with Gasteiger partial charge in [0.15, 0.2) is 5.78 Å². The molecule has 0 atom stereocenters. The summed E-state index contributed by atoms with van der Waals surface area (Å²) in [6.45, 7) is 4.64. The minimum absolute atomic E-state index is 0.146. The van der Waals surface area contributed by atoms with Gasteiger partial charge in [-0.15, -0.1) is 0 Å². The van der Waals surface area contributed by atoms with Crippen molar-refractivity contribution in [3.63, 3.8) is 0 Å². The van der Waals surface area contributed by atoms with Gasteiger partial charge in [-0.1, -0.05) is 42.0 Å². The van der Waals surface area contributed by atoms with Crippen molar-refractivity contribution in [1.29, 1.82) is 0 Å². The van der Waals surface area contributed by atoms with Crippen molar-refractivity contribution in [1.82, 2.24) is 5.32 Å². The van der Waals surface area contributed by atoms with E-state index in [0.717, 1.165) is 36.2 Å². The molecule has 0 aromatic heterocycles. The molecule has 2 nitrogen and oxygen atoms in total. The lowest BCUT2D eigenvalue weighted by atomic mass is 9.97. The SMILES string of the molecule is CC(=O)/C1=C(\c2ccccc2)NCC/C(C)=C\C1. The van der Waals surface area contributed by atoms with Crippen LogP contribution in [-0.4, -0.2) is 12.3 Å². The highest BCUT2D eigenvalue weighted by Crippen LogP contribution is 2.22. The first kappa shape index (κ1) is 12.6. The van der Waals surface area contributed by atoms with Crippen LogP contribution in [0, 0.1) is 0 Å². The Hall–Kier alpha value is -1.83. The molecular formula is C16H19NO. The third kappa shape index (κ3) is 2.89. The summed E-state index contributed by atoms with van der Waals surface area (Å²) in [6.07, 6.45) is 3.92. The summed E-state index contributed by atoms with van der Waals surface area (Å²) in [4.78, 5) is 11.8. The Kier molecular flexibility index (Phi) is 3.98. The molecule has 18 heavy (non-hydrogen) atoms. The molecule has 0 bridgehead atoms. The Morgan fingerprint density at radius 3 is 2.61 bits per heavy atom. The highest BCUT2D eigenvalue weighted by atomic mass is 16.1. The fraction of sp³-hybridized carbons (Fsp3) is 0.312. The number of hydrogen-bond acceptors (Lipinski definition) is 2. The lowest BCUT2D eigenvalue weighted by Gasteiger charge is -2.18. The molecule has 0 spiro atoms. The van der Waals surface area contributed by atoms with Crippen LogP contribution < -0.4 is 5.32 Å². The van der Waals surface area contributed by atoms with Crippen molar-refractivity contribution < 1.29 is 4.79 Å². The van der Waals surface area contributed by atoms with Gasteiger partial charge in [0.1, 0.15) is 0 Å². The zero-order chi connectivity index (χ0) is 13.0. The standard InChI is InChI=1S/C16H19NO/c1-12-8-9-15(13(2)18)16(17-11-10-12)14-6-4-3-5-7-14/h3-8,17H,9-11H2,1-2H3/b12-8-,16-15+. The van der Waals surface area contributed by atoms with Crippen LogP contribution in [0.3, 0.4) is 0 Å². The molecular weight excluding hydrogens is 222 g/mol. The Bertz CT molecular complexity index is 497. The van der Waals surface area contributed by atoms with Crippen LogP contribution in [0.5, 0.6) is 0 Å². The van der Waals surface area contributed by atoms with Crippen molar-refractivity contribution in [3.8, 4) is 0 Å². The number of carbonyl (C=O) groups is 1. The van der Waals surface area contributed by atoms with Gasteiger partial charge in [0, 0.05) is 17.8 Å². The van der Waals surface area contributed by atoms with E-state index in [-0.39, 0.29) is 5.78 Å². The first-order chi connectivity index (χ1) is 8.68. The van der Waals surface area contributed by atoms with E-state index in [1.165, 1.54) is 5.57 Å². The minimum Gasteiger partial charge on any atom is -0.384 e. The molecule has 0 saturated heterocycles. The van der Waals surface area contributed by atoms with Gasteiger partial charge >= 0.3 is 0 Å². The topological polar surface area (TPSA) is 29.1 Å². The number of benzene rings is 1. The molecule has 1 aliphatic heterocycles. The predicted molar refractivity (Wildman–Crippen MR) is 75.0 cm³/mol. The number of carbonyl (C=O) groups excluding carboxylic acids is 1. The Labute approximate surface area is 108 Å². The Morgan fingerprint density at radius 2 is 1.94 bits per heavy atom. The fourth-order valence-electron chi connectivity index (χ4n) is 2.17. The van der Waals surface area contributed by atoms with Crippen molar-refractivity contribution in [3.05, 3.63) is 53.1 Å². The fourth-order valence-corrected chi connectivity index (χ4v) is 2.17. The molecule has 1 aromatic rings. The maximum absolute atomic E-state index is 11.8. The molecule has 0 fully saturated rings. The van der Waals surface area contributed by atoms with Crippen molar-refractivity contribution in [2.75, 3.05) is 6.54 Å². The van der Waals surface area contributed by atoms with Crippen LogP contribution in [0.1, 0.15) is 32.3 Å². The normalized spacial score (nSPS) is 23.3. The molecule has 1 aromatic carbocycles. The summed E-state index contributed by atoms with van der Waals surface area (Å²) in [7, 11) is 0. The number of ketones is 1. The quantitative estimate of drug-likeness (QED) is 0.805. The summed E-state index contributed by atoms with van der Waals surface area (Å²) in [5, 5.41) is 3.42. The molecule has 0 radical (unpaired) electrons. The maximum Gasteiger partial charge on any atom is 0.158 e. The maximum atomic E-state index is 11.8. The average Bonchev–Trinajstić information content (AvgIpc) is 2.34. The van der Waals surface area contributed by atoms with Crippen LogP contribution in [0.25, 0.3) is 5.70 Å². The van der Waals surface area contributed by atoms with E-state index in [9.17, 15) is 4.79 Å². The van der Waals surface area contributed by atoms with E-state index in [4.69, 9.17) is 0 Å². The lowest BCUT2D eigenvalue weighted by Crippen LogP contribution is -2.19. The largest absolute Gasteiger partial charge is 0.384 e. The van der Waals surface area contributed by atoms with Gasteiger partial charge in [-0.3, -0.25) is 4.79 Å². The van der Waals surface area contributed by atoms with Gasteiger partial charge in [-0.05, 0) is 32.3 Å². The molecule has 1 N–H and O–H groups in total. The number of allylic oxidation sites excluding steroid dienone is 2. The third-order valence-electron chi connectivity index (χ3n) is 3.26. The monoisotopic (exact) mass is 241 g/mol. The molecule has 1 aliphatic rings. The van der Waals surface area contributed by atoms with E-state index < -0.39 is 0 Å². The summed E-state index contributed by atoms with van der Waals surface area (Å²) in [6, 6.07) is 10.1. The molecule has 0 amide bonds. The lowest BCUT2D eigenvalue weighted by molar-refractivity contribution is -0.113. The summed E-state index contributed by atoms with van der Waals surface area (Å²) in [5.41, 5.74) is 4.30. The second kappa shape index (κ2) is 5.67. The van der Waals surface area contributed by atoms with Crippen LogP contribution in [0.2, 0.25) is 0 Å². The molecule has 0 unspecified atom stereocenters.